The lowest BCUT2D eigenvalue weighted by molar-refractivity contribution is 0.0954. The molecule has 0 aromatic carbocycles. The van der Waals surface area contributed by atoms with Crippen molar-refractivity contribution in [3.63, 3.8) is 0 Å². The molecule has 98 valence electrons. The van der Waals surface area contributed by atoms with Gasteiger partial charge in [0.2, 0.25) is 0 Å². The van der Waals surface area contributed by atoms with Gasteiger partial charge < -0.3 is 10.6 Å². The van der Waals surface area contributed by atoms with Crippen LogP contribution in [0.5, 0.6) is 0 Å². The maximum absolute atomic E-state index is 12.0. The Bertz CT molecular complexity index is 542. The van der Waals surface area contributed by atoms with E-state index in [4.69, 9.17) is 0 Å². The Morgan fingerprint density at radius 2 is 2.00 bits per heavy atom. The quantitative estimate of drug-likeness (QED) is 0.850. The molecule has 0 aliphatic carbocycles. The van der Waals surface area contributed by atoms with E-state index in [1.54, 1.807) is 31.6 Å². The number of rotatable bonds is 5. The van der Waals surface area contributed by atoms with E-state index >= 15 is 0 Å². The normalized spacial score (nSPS) is 9.95. The van der Waals surface area contributed by atoms with Gasteiger partial charge in [-0.1, -0.05) is 6.07 Å². The molecule has 0 bridgehead atoms. The summed E-state index contributed by atoms with van der Waals surface area (Å²) in [6.45, 7) is 0.549. The van der Waals surface area contributed by atoms with Crippen LogP contribution in [-0.4, -0.2) is 29.5 Å². The number of anilines is 1. The number of carbonyl (C=O) groups is 1. The summed E-state index contributed by atoms with van der Waals surface area (Å²) >= 11 is 0. The molecule has 0 fully saturated rings. The van der Waals surface area contributed by atoms with Gasteiger partial charge in [-0.3, -0.25) is 9.78 Å². The Hall–Kier alpha value is -2.43. The van der Waals surface area contributed by atoms with E-state index < -0.39 is 0 Å². The van der Waals surface area contributed by atoms with Gasteiger partial charge >= 0.3 is 0 Å². The second-order valence-electron chi connectivity index (χ2n) is 3.98. The standard InChI is InChI=1S/C14H16N4O/c1-15-13-12(6-4-9-17-13)14(19)18-10-7-11-5-2-3-8-16-11/h2-6,8-9H,7,10H2,1H3,(H,15,17)(H,18,19). The first-order valence-electron chi connectivity index (χ1n) is 6.12. The minimum atomic E-state index is -0.131. The zero-order valence-corrected chi connectivity index (χ0v) is 10.8. The predicted octanol–water partition coefficient (Wildman–Crippen LogP) is 1.49. The van der Waals surface area contributed by atoms with E-state index in [1.165, 1.54) is 0 Å². The average molecular weight is 256 g/mol. The fraction of sp³-hybridized carbons (Fsp3) is 0.214. The molecule has 0 saturated carbocycles. The first-order chi connectivity index (χ1) is 9.31. The van der Waals surface area contributed by atoms with Crippen LogP contribution in [0.4, 0.5) is 5.82 Å². The van der Waals surface area contributed by atoms with Crippen LogP contribution < -0.4 is 10.6 Å². The van der Waals surface area contributed by atoms with Crippen LogP contribution in [0.25, 0.3) is 0 Å². The molecule has 2 aromatic rings. The maximum atomic E-state index is 12.0. The van der Waals surface area contributed by atoms with Crippen molar-refractivity contribution >= 4 is 11.7 Å². The Morgan fingerprint density at radius 1 is 1.16 bits per heavy atom. The zero-order valence-electron chi connectivity index (χ0n) is 10.8. The van der Waals surface area contributed by atoms with Crippen LogP contribution in [0.1, 0.15) is 16.1 Å². The molecule has 0 saturated heterocycles. The molecule has 0 spiro atoms. The Morgan fingerprint density at radius 3 is 2.74 bits per heavy atom. The molecular formula is C14H16N4O. The van der Waals surface area contributed by atoms with Gasteiger partial charge in [-0.25, -0.2) is 4.98 Å². The first kappa shape index (κ1) is 13.0. The largest absolute Gasteiger partial charge is 0.372 e. The molecule has 5 heteroatoms. The minimum Gasteiger partial charge on any atom is -0.372 e. The van der Waals surface area contributed by atoms with Gasteiger partial charge in [-0.05, 0) is 24.3 Å². The highest BCUT2D eigenvalue weighted by Crippen LogP contribution is 2.09. The summed E-state index contributed by atoms with van der Waals surface area (Å²) in [4.78, 5) is 20.3. The SMILES string of the molecule is CNc1ncccc1C(=O)NCCc1ccccn1. The number of amides is 1. The molecule has 0 radical (unpaired) electrons. The van der Waals surface area contributed by atoms with Crippen molar-refractivity contribution in [2.75, 3.05) is 18.9 Å². The van der Waals surface area contributed by atoms with Gasteiger partial charge in [-0.15, -0.1) is 0 Å². The molecule has 2 rings (SSSR count). The smallest absolute Gasteiger partial charge is 0.255 e. The highest BCUT2D eigenvalue weighted by molar-refractivity contribution is 5.98. The highest BCUT2D eigenvalue weighted by atomic mass is 16.1. The topological polar surface area (TPSA) is 66.9 Å². The summed E-state index contributed by atoms with van der Waals surface area (Å²) < 4.78 is 0. The molecule has 1 amide bonds. The van der Waals surface area contributed by atoms with E-state index in [2.05, 4.69) is 20.6 Å². The number of carbonyl (C=O) groups excluding carboxylic acids is 1. The maximum Gasteiger partial charge on any atom is 0.255 e. The predicted molar refractivity (Wildman–Crippen MR) is 74.1 cm³/mol. The van der Waals surface area contributed by atoms with Gasteiger partial charge in [0.15, 0.2) is 0 Å². The van der Waals surface area contributed by atoms with Gasteiger partial charge in [-0.2, -0.15) is 0 Å². The summed E-state index contributed by atoms with van der Waals surface area (Å²) in [5.74, 6) is 0.450. The monoisotopic (exact) mass is 256 g/mol. The van der Waals surface area contributed by atoms with Crippen molar-refractivity contribution in [2.24, 2.45) is 0 Å². The highest BCUT2D eigenvalue weighted by Gasteiger charge is 2.10. The van der Waals surface area contributed by atoms with Crippen molar-refractivity contribution in [3.05, 3.63) is 54.0 Å². The lowest BCUT2D eigenvalue weighted by atomic mass is 10.2. The zero-order chi connectivity index (χ0) is 13.5. The summed E-state index contributed by atoms with van der Waals surface area (Å²) in [6, 6.07) is 9.24. The molecule has 0 aliphatic rings. The van der Waals surface area contributed by atoms with Crippen LogP contribution in [0.15, 0.2) is 42.7 Å². The number of pyridine rings is 2. The molecule has 0 unspecified atom stereocenters. The van der Waals surface area contributed by atoms with E-state index in [-0.39, 0.29) is 5.91 Å². The number of aromatic nitrogens is 2. The van der Waals surface area contributed by atoms with Crippen molar-refractivity contribution in [3.8, 4) is 0 Å². The van der Waals surface area contributed by atoms with Gasteiger partial charge in [0.1, 0.15) is 5.82 Å². The van der Waals surface area contributed by atoms with E-state index in [0.29, 0.717) is 24.3 Å². The number of nitrogens with zero attached hydrogens (tertiary/aromatic N) is 2. The number of nitrogens with one attached hydrogen (secondary N) is 2. The minimum absolute atomic E-state index is 0.131. The van der Waals surface area contributed by atoms with Crippen molar-refractivity contribution in [1.82, 2.24) is 15.3 Å². The van der Waals surface area contributed by atoms with E-state index in [0.717, 1.165) is 5.69 Å². The molecule has 5 nitrogen and oxygen atoms in total. The third-order valence-corrected chi connectivity index (χ3v) is 2.68. The Balaban J connectivity index is 1.91. The molecule has 2 N–H and O–H groups in total. The van der Waals surface area contributed by atoms with Gasteiger partial charge in [0.05, 0.1) is 5.56 Å². The van der Waals surface area contributed by atoms with Crippen LogP contribution in [0, 0.1) is 0 Å². The third kappa shape index (κ3) is 3.51. The molecule has 19 heavy (non-hydrogen) atoms. The van der Waals surface area contributed by atoms with Crippen LogP contribution in [-0.2, 0) is 6.42 Å². The molecule has 2 heterocycles. The van der Waals surface area contributed by atoms with E-state index in [9.17, 15) is 4.79 Å². The van der Waals surface area contributed by atoms with Gasteiger partial charge in [0.25, 0.3) is 5.91 Å². The Labute approximate surface area is 112 Å². The molecule has 2 aromatic heterocycles. The second-order valence-corrected chi connectivity index (χ2v) is 3.98. The summed E-state index contributed by atoms with van der Waals surface area (Å²) in [6.07, 6.45) is 4.11. The summed E-state index contributed by atoms with van der Waals surface area (Å²) in [7, 11) is 1.74. The number of hydrogen-bond donors (Lipinski definition) is 2. The fourth-order valence-electron chi connectivity index (χ4n) is 1.73. The fourth-order valence-corrected chi connectivity index (χ4v) is 1.73. The van der Waals surface area contributed by atoms with Crippen LogP contribution in [0.3, 0.4) is 0 Å². The number of hydrogen-bond acceptors (Lipinski definition) is 4. The summed E-state index contributed by atoms with van der Waals surface area (Å²) in [5, 5.41) is 5.76. The molecule has 0 atom stereocenters. The second kappa shape index (κ2) is 6.49. The summed E-state index contributed by atoms with van der Waals surface area (Å²) in [5.41, 5.74) is 1.51. The van der Waals surface area contributed by atoms with Crippen LogP contribution in [0.2, 0.25) is 0 Å². The average Bonchev–Trinajstić information content (AvgIpc) is 2.48. The third-order valence-electron chi connectivity index (χ3n) is 2.68. The van der Waals surface area contributed by atoms with E-state index in [1.807, 2.05) is 18.2 Å². The Kier molecular flexibility index (Phi) is 4.44. The van der Waals surface area contributed by atoms with Crippen molar-refractivity contribution in [2.45, 2.75) is 6.42 Å². The molecule has 0 aliphatic heterocycles. The molecular weight excluding hydrogens is 240 g/mol. The first-order valence-corrected chi connectivity index (χ1v) is 6.12. The van der Waals surface area contributed by atoms with Crippen LogP contribution >= 0.6 is 0 Å². The lowest BCUT2D eigenvalue weighted by Crippen LogP contribution is -2.26. The lowest BCUT2D eigenvalue weighted by Gasteiger charge is -2.08. The van der Waals surface area contributed by atoms with Gasteiger partial charge in [0, 0.05) is 38.1 Å². The van der Waals surface area contributed by atoms with Crippen molar-refractivity contribution in [1.29, 1.82) is 0 Å². The van der Waals surface area contributed by atoms with Crippen molar-refractivity contribution < 1.29 is 4.79 Å².